The molecule has 2 N–H and O–H groups in total. The Labute approximate surface area is 203 Å². The van der Waals surface area contributed by atoms with Crippen molar-refractivity contribution in [2.75, 3.05) is 0 Å². The van der Waals surface area contributed by atoms with Gasteiger partial charge in [0.15, 0.2) is 5.72 Å². The topological polar surface area (TPSA) is 55.6 Å². The number of nitrogens with zero attached hydrogens (tertiary/aromatic N) is 1. The lowest BCUT2D eigenvalue weighted by atomic mass is 9.68. The molecule has 0 bridgehead atoms. The highest BCUT2D eigenvalue weighted by Crippen LogP contribution is 2.58. The van der Waals surface area contributed by atoms with Gasteiger partial charge in [-0.15, -0.1) is 0 Å². The van der Waals surface area contributed by atoms with Crippen LogP contribution in [0.15, 0.2) is 36.4 Å². The molecule has 4 atom stereocenters. The Kier molecular flexibility index (Phi) is 5.85. The lowest BCUT2D eigenvalue weighted by molar-refractivity contribution is -0.152. The van der Waals surface area contributed by atoms with E-state index in [1.54, 1.807) is 38.1 Å². The predicted molar refractivity (Wildman–Crippen MR) is 125 cm³/mol. The minimum Gasteiger partial charge on any atom is -0.443 e. The van der Waals surface area contributed by atoms with Crippen LogP contribution in [0.3, 0.4) is 0 Å². The average Bonchev–Trinajstić information content (AvgIpc) is 3.02. The van der Waals surface area contributed by atoms with E-state index < -0.39 is 46.9 Å². The van der Waals surface area contributed by atoms with Crippen LogP contribution in [0.2, 0.25) is 10.0 Å². The molecule has 2 aromatic carbocycles. The predicted octanol–water partition coefficient (Wildman–Crippen LogP) is 5.99. The average molecular weight is 497 g/mol. The van der Waals surface area contributed by atoms with E-state index in [4.69, 9.17) is 33.7 Å². The molecule has 0 spiro atoms. The van der Waals surface area contributed by atoms with Gasteiger partial charge in [0, 0.05) is 27.6 Å². The summed E-state index contributed by atoms with van der Waals surface area (Å²) in [7, 11) is 0. The first-order valence-electron chi connectivity index (χ1n) is 10.9. The molecule has 2 aliphatic rings. The molecule has 4 nitrogen and oxygen atoms in total. The molecule has 33 heavy (non-hydrogen) atoms. The van der Waals surface area contributed by atoms with Gasteiger partial charge in [0.25, 0.3) is 0 Å². The summed E-state index contributed by atoms with van der Waals surface area (Å²) >= 11 is 12.2. The summed E-state index contributed by atoms with van der Waals surface area (Å²) in [5.41, 5.74) is 4.59. The minimum atomic E-state index is -1.61. The fraction of sp³-hybridized carbons (Fsp3) is 0.480. The largest absolute Gasteiger partial charge is 0.443 e. The summed E-state index contributed by atoms with van der Waals surface area (Å²) in [6.45, 7) is 9.62. The number of carbonyl (C=O) groups excluding carboxylic acids is 1. The van der Waals surface area contributed by atoms with Gasteiger partial charge in [0.05, 0.1) is 5.54 Å². The van der Waals surface area contributed by atoms with E-state index >= 15 is 8.78 Å². The lowest BCUT2D eigenvalue weighted by Crippen LogP contribution is -2.57. The van der Waals surface area contributed by atoms with Crippen LogP contribution >= 0.6 is 23.2 Å². The SMILES string of the molecule is CC(C)(C)C[C@@H]1N2[C@@H](C(=O)OC2(C)C)[C@H](c2cccc(Cl)c2)[C@@]1(N)c1c(F)cc(Cl)cc1F. The van der Waals surface area contributed by atoms with Crippen molar-refractivity contribution in [3.05, 3.63) is 69.2 Å². The fourth-order valence-corrected chi connectivity index (χ4v) is 6.05. The maximum atomic E-state index is 15.5. The van der Waals surface area contributed by atoms with Gasteiger partial charge in [0.2, 0.25) is 0 Å². The first kappa shape index (κ1) is 24.4. The number of cyclic esters (lactones) is 1. The van der Waals surface area contributed by atoms with E-state index in [2.05, 4.69) is 0 Å². The zero-order chi connectivity index (χ0) is 24.5. The van der Waals surface area contributed by atoms with Crippen molar-refractivity contribution in [1.82, 2.24) is 4.90 Å². The molecule has 8 heteroatoms. The summed E-state index contributed by atoms with van der Waals surface area (Å²) in [6, 6.07) is 7.55. The molecule has 178 valence electrons. The second kappa shape index (κ2) is 7.91. The monoisotopic (exact) mass is 496 g/mol. The first-order chi connectivity index (χ1) is 15.2. The van der Waals surface area contributed by atoms with Crippen LogP contribution < -0.4 is 5.73 Å². The number of carbonyl (C=O) groups is 1. The van der Waals surface area contributed by atoms with E-state index in [9.17, 15) is 4.79 Å². The smallest absolute Gasteiger partial charge is 0.325 e. The molecule has 0 radical (unpaired) electrons. The molecule has 0 saturated carbocycles. The van der Waals surface area contributed by atoms with Crippen LogP contribution in [-0.2, 0) is 15.1 Å². The fourth-order valence-electron chi connectivity index (χ4n) is 5.66. The van der Waals surface area contributed by atoms with Gasteiger partial charge in [-0.3, -0.25) is 4.79 Å². The summed E-state index contributed by atoms with van der Waals surface area (Å²) in [4.78, 5) is 15.1. The maximum absolute atomic E-state index is 15.5. The van der Waals surface area contributed by atoms with Crippen LogP contribution in [0.1, 0.15) is 58.1 Å². The van der Waals surface area contributed by atoms with Crippen molar-refractivity contribution >= 4 is 29.2 Å². The third kappa shape index (κ3) is 3.95. The van der Waals surface area contributed by atoms with Crippen LogP contribution in [-0.4, -0.2) is 28.7 Å². The van der Waals surface area contributed by atoms with E-state index in [1.165, 1.54) is 0 Å². The Morgan fingerprint density at radius 1 is 1.09 bits per heavy atom. The van der Waals surface area contributed by atoms with Gasteiger partial charge in [0.1, 0.15) is 17.7 Å². The molecule has 0 aliphatic carbocycles. The Morgan fingerprint density at radius 2 is 1.70 bits per heavy atom. The molecule has 2 saturated heterocycles. The molecule has 0 aromatic heterocycles. The Hall–Kier alpha value is -1.73. The highest BCUT2D eigenvalue weighted by molar-refractivity contribution is 6.30. The van der Waals surface area contributed by atoms with Crippen molar-refractivity contribution in [1.29, 1.82) is 0 Å². The van der Waals surface area contributed by atoms with E-state index in [1.807, 2.05) is 25.7 Å². The van der Waals surface area contributed by atoms with Crippen molar-refractivity contribution in [3.8, 4) is 0 Å². The zero-order valence-corrected chi connectivity index (χ0v) is 20.8. The number of benzene rings is 2. The second-order valence-electron chi connectivity index (χ2n) is 10.7. The number of nitrogens with two attached hydrogens (primary N) is 1. The van der Waals surface area contributed by atoms with Gasteiger partial charge in [-0.2, -0.15) is 0 Å². The summed E-state index contributed by atoms with van der Waals surface area (Å²) < 4.78 is 36.7. The van der Waals surface area contributed by atoms with Crippen molar-refractivity contribution in [3.63, 3.8) is 0 Å². The third-order valence-electron chi connectivity index (χ3n) is 6.68. The summed E-state index contributed by atoms with van der Waals surface area (Å²) in [6.07, 6.45) is 0.457. The third-order valence-corrected chi connectivity index (χ3v) is 7.14. The maximum Gasteiger partial charge on any atom is 0.325 e. The standard InChI is InChI=1S/C25H28Cl2F2N2O2/c1-23(2,3)12-18-25(30,20-16(28)10-15(27)11-17(20)29)19(13-7-6-8-14(26)9-13)21-22(32)33-24(4,5)31(18)21/h6-11,18-19,21H,12,30H2,1-5H3/t18-,19-,21+,25+/m0/s1. The van der Waals surface area contributed by atoms with Gasteiger partial charge in [-0.25, -0.2) is 13.7 Å². The highest BCUT2D eigenvalue weighted by Gasteiger charge is 2.69. The number of rotatable bonds is 3. The van der Waals surface area contributed by atoms with Crippen LogP contribution in [0.5, 0.6) is 0 Å². The first-order valence-corrected chi connectivity index (χ1v) is 11.6. The Balaban J connectivity index is 2.07. The molecule has 0 unspecified atom stereocenters. The number of hydrogen-bond acceptors (Lipinski definition) is 4. The zero-order valence-electron chi connectivity index (χ0n) is 19.3. The normalized spacial score (nSPS) is 29.3. The number of ether oxygens (including phenoxy) is 1. The van der Waals surface area contributed by atoms with Gasteiger partial charge >= 0.3 is 5.97 Å². The number of fused-ring (bicyclic) bond motifs is 1. The van der Waals surface area contributed by atoms with Gasteiger partial charge < -0.3 is 10.5 Å². The molecular formula is C25H28Cl2F2N2O2. The molecule has 2 aliphatic heterocycles. The van der Waals surface area contributed by atoms with E-state index in [0.717, 1.165) is 12.1 Å². The van der Waals surface area contributed by atoms with Crippen molar-refractivity contribution in [2.45, 2.75) is 70.3 Å². The Morgan fingerprint density at radius 3 is 2.24 bits per heavy atom. The van der Waals surface area contributed by atoms with E-state index in [0.29, 0.717) is 17.0 Å². The van der Waals surface area contributed by atoms with Crippen LogP contribution in [0.4, 0.5) is 8.78 Å². The Bertz CT molecular complexity index is 1090. The molecule has 0 amide bonds. The molecule has 2 aromatic rings. The lowest BCUT2D eigenvalue weighted by Gasteiger charge is -2.44. The summed E-state index contributed by atoms with van der Waals surface area (Å²) in [5, 5.41) is 0.366. The molecule has 2 fully saturated rings. The second-order valence-corrected chi connectivity index (χ2v) is 11.6. The number of hydrogen-bond donors (Lipinski definition) is 1. The highest BCUT2D eigenvalue weighted by atomic mass is 35.5. The number of halogens is 4. The molecular weight excluding hydrogens is 469 g/mol. The van der Waals surface area contributed by atoms with Crippen LogP contribution in [0, 0.1) is 17.0 Å². The van der Waals surface area contributed by atoms with E-state index in [-0.39, 0.29) is 16.0 Å². The molecule has 2 heterocycles. The van der Waals surface area contributed by atoms with Crippen molar-refractivity contribution < 1.29 is 18.3 Å². The quantitative estimate of drug-likeness (QED) is 0.530. The van der Waals surface area contributed by atoms with Gasteiger partial charge in [-0.1, -0.05) is 56.1 Å². The van der Waals surface area contributed by atoms with Crippen LogP contribution in [0.25, 0.3) is 0 Å². The van der Waals surface area contributed by atoms with Crippen molar-refractivity contribution in [2.24, 2.45) is 11.1 Å². The molecule has 4 rings (SSSR count). The minimum absolute atomic E-state index is 0.0673. The van der Waals surface area contributed by atoms with Gasteiger partial charge in [-0.05, 0) is 55.5 Å². The number of esters is 1. The summed E-state index contributed by atoms with van der Waals surface area (Å²) in [5.74, 6) is -2.99.